The van der Waals surface area contributed by atoms with Gasteiger partial charge in [-0.1, -0.05) is 0 Å². The average Bonchev–Trinajstić information content (AvgIpc) is 1.84. The van der Waals surface area contributed by atoms with Crippen LogP contribution in [0.15, 0.2) is 0 Å². The van der Waals surface area contributed by atoms with E-state index in [0.717, 1.165) is 0 Å². The van der Waals surface area contributed by atoms with Crippen molar-refractivity contribution in [1.29, 1.82) is 0 Å². The van der Waals surface area contributed by atoms with Crippen LogP contribution in [0.4, 0.5) is 0 Å². The zero-order chi connectivity index (χ0) is 7.44. The number of hydrogen-bond donors (Lipinski definition) is 1. The fourth-order valence-electron chi connectivity index (χ4n) is 0.470. The molecule has 0 saturated heterocycles. The van der Waals surface area contributed by atoms with Crippen molar-refractivity contribution >= 4 is 0 Å². The lowest BCUT2D eigenvalue weighted by Crippen LogP contribution is -2.37. The van der Waals surface area contributed by atoms with Gasteiger partial charge in [0.25, 0.3) is 0 Å². The van der Waals surface area contributed by atoms with Gasteiger partial charge in [0.1, 0.15) is 12.5 Å². The maximum atomic E-state index is 8.97. The number of rotatable bonds is 3. The van der Waals surface area contributed by atoms with E-state index in [9.17, 15) is 0 Å². The van der Waals surface area contributed by atoms with Gasteiger partial charge < -0.3 is 9.84 Å². The SMILES string of the molecule is COC(C)N(C)C(C)O. The van der Waals surface area contributed by atoms with Crippen LogP contribution in [-0.2, 0) is 4.74 Å². The summed E-state index contributed by atoms with van der Waals surface area (Å²) >= 11 is 0. The minimum absolute atomic E-state index is 0.0231. The van der Waals surface area contributed by atoms with Crippen LogP contribution in [0.25, 0.3) is 0 Å². The number of hydrogen-bond acceptors (Lipinski definition) is 3. The molecule has 0 aliphatic rings. The Morgan fingerprint density at radius 3 is 2.00 bits per heavy atom. The minimum Gasteiger partial charge on any atom is -0.379 e. The van der Waals surface area contributed by atoms with Crippen molar-refractivity contribution in [3.63, 3.8) is 0 Å². The molecule has 0 spiro atoms. The third-order valence-electron chi connectivity index (χ3n) is 1.50. The molecule has 56 valence electrons. The smallest absolute Gasteiger partial charge is 0.109 e. The highest BCUT2D eigenvalue weighted by atomic mass is 16.5. The largest absolute Gasteiger partial charge is 0.379 e. The molecule has 0 aromatic heterocycles. The van der Waals surface area contributed by atoms with Crippen molar-refractivity contribution in [3.05, 3.63) is 0 Å². The third kappa shape index (κ3) is 2.79. The Hall–Kier alpha value is -0.120. The second-order valence-corrected chi connectivity index (χ2v) is 2.13. The Balaban J connectivity index is 3.58. The highest BCUT2D eigenvalue weighted by molar-refractivity contribution is 4.51. The molecule has 0 saturated carbocycles. The fourth-order valence-corrected chi connectivity index (χ4v) is 0.470. The van der Waals surface area contributed by atoms with Gasteiger partial charge in [0.15, 0.2) is 0 Å². The molecule has 0 aromatic carbocycles. The molecule has 0 bridgehead atoms. The highest BCUT2D eigenvalue weighted by Crippen LogP contribution is 1.98. The Labute approximate surface area is 56.2 Å². The number of nitrogens with zero attached hydrogens (tertiary/aromatic N) is 1. The maximum Gasteiger partial charge on any atom is 0.109 e. The van der Waals surface area contributed by atoms with E-state index in [-0.39, 0.29) is 6.23 Å². The monoisotopic (exact) mass is 133 g/mol. The van der Waals surface area contributed by atoms with E-state index < -0.39 is 6.23 Å². The zero-order valence-electron chi connectivity index (χ0n) is 6.46. The Morgan fingerprint density at radius 1 is 1.44 bits per heavy atom. The van der Waals surface area contributed by atoms with E-state index in [4.69, 9.17) is 9.84 Å². The molecule has 0 aromatic rings. The van der Waals surface area contributed by atoms with Crippen LogP contribution < -0.4 is 0 Å². The molecule has 3 heteroatoms. The van der Waals surface area contributed by atoms with Gasteiger partial charge in [-0.3, -0.25) is 4.90 Å². The molecule has 1 N–H and O–H groups in total. The van der Waals surface area contributed by atoms with Crippen molar-refractivity contribution in [2.45, 2.75) is 26.3 Å². The summed E-state index contributed by atoms with van der Waals surface area (Å²) in [4.78, 5) is 1.72. The van der Waals surface area contributed by atoms with Crippen LogP contribution >= 0.6 is 0 Å². The molecule has 0 rings (SSSR count). The highest BCUT2D eigenvalue weighted by Gasteiger charge is 2.10. The van der Waals surface area contributed by atoms with Gasteiger partial charge in [0, 0.05) is 7.11 Å². The van der Waals surface area contributed by atoms with E-state index in [1.807, 2.05) is 6.92 Å². The quantitative estimate of drug-likeness (QED) is 0.560. The summed E-state index contributed by atoms with van der Waals surface area (Å²) in [5.74, 6) is 0. The third-order valence-corrected chi connectivity index (χ3v) is 1.50. The first-order chi connectivity index (χ1) is 4.09. The van der Waals surface area contributed by atoms with E-state index in [0.29, 0.717) is 0 Å². The summed E-state index contributed by atoms with van der Waals surface area (Å²) in [6.45, 7) is 3.59. The second kappa shape index (κ2) is 3.82. The molecule has 0 heterocycles. The Bertz CT molecular complexity index is 75.5. The van der Waals surface area contributed by atoms with Crippen LogP contribution in [0.3, 0.4) is 0 Å². The summed E-state index contributed by atoms with van der Waals surface area (Å²) < 4.78 is 4.94. The maximum absolute atomic E-state index is 8.97. The number of methoxy groups -OCH3 is 1. The normalized spacial score (nSPS) is 18.0. The minimum atomic E-state index is -0.444. The van der Waals surface area contributed by atoms with Gasteiger partial charge in [-0.2, -0.15) is 0 Å². The topological polar surface area (TPSA) is 32.7 Å². The predicted octanol–water partition coefficient (Wildman–Crippen LogP) is 0.249. The second-order valence-electron chi connectivity index (χ2n) is 2.13. The van der Waals surface area contributed by atoms with Crippen LogP contribution in [-0.4, -0.2) is 36.6 Å². The molecular formula is C6H15NO2. The Kier molecular flexibility index (Phi) is 3.77. The van der Waals surface area contributed by atoms with Gasteiger partial charge in [-0.05, 0) is 20.9 Å². The molecule has 0 amide bonds. The van der Waals surface area contributed by atoms with Crippen molar-refractivity contribution < 1.29 is 9.84 Å². The first-order valence-electron chi connectivity index (χ1n) is 3.02. The molecular weight excluding hydrogens is 118 g/mol. The lowest BCUT2D eigenvalue weighted by molar-refractivity contribution is -0.0859. The van der Waals surface area contributed by atoms with E-state index in [1.54, 1.807) is 26.0 Å². The molecule has 3 nitrogen and oxygen atoms in total. The summed E-state index contributed by atoms with van der Waals surface area (Å²) in [5, 5.41) is 8.97. The summed E-state index contributed by atoms with van der Waals surface area (Å²) in [6.07, 6.45) is -0.468. The van der Waals surface area contributed by atoms with Crippen molar-refractivity contribution in [3.8, 4) is 0 Å². The van der Waals surface area contributed by atoms with Gasteiger partial charge in [-0.25, -0.2) is 0 Å². The number of ether oxygens (including phenoxy) is 1. The molecule has 0 radical (unpaired) electrons. The first-order valence-corrected chi connectivity index (χ1v) is 3.02. The van der Waals surface area contributed by atoms with Crippen LogP contribution in [0.1, 0.15) is 13.8 Å². The summed E-state index contributed by atoms with van der Waals surface area (Å²) in [5.41, 5.74) is 0. The molecule has 9 heavy (non-hydrogen) atoms. The average molecular weight is 133 g/mol. The van der Waals surface area contributed by atoms with Gasteiger partial charge in [0.2, 0.25) is 0 Å². The zero-order valence-corrected chi connectivity index (χ0v) is 6.46. The van der Waals surface area contributed by atoms with Crippen molar-refractivity contribution in [1.82, 2.24) is 4.90 Å². The predicted molar refractivity (Wildman–Crippen MR) is 35.9 cm³/mol. The lowest BCUT2D eigenvalue weighted by Gasteiger charge is -2.25. The van der Waals surface area contributed by atoms with Crippen LogP contribution in [0.2, 0.25) is 0 Å². The van der Waals surface area contributed by atoms with Gasteiger partial charge in [0.05, 0.1) is 0 Å². The van der Waals surface area contributed by atoms with Gasteiger partial charge in [-0.15, -0.1) is 0 Å². The van der Waals surface area contributed by atoms with Crippen LogP contribution in [0.5, 0.6) is 0 Å². The summed E-state index contributed by atoms with van der Waals surface area (Å²) in [6, 6.07) is 0. The molecule has 0 aliphatic carbocycles. The number of aliphatic hydroxyl groups excluding tert-OH is 1. The van der Waals surface area contributed by atoms with Crippen molar-refractivity contribution in [2.75, 3.05) is 14.2 Å². The molecule has 0 fully saturated rings. The summed E-state index contributed by atoms with van der Waals surface area (Å²) in [7, 11) is 3.42. The Morgan fingerprint density at radius 2 is 1.89 bits per heavy atom. The lowest BCUT2D eigenvalue weighted by atomic mass is 10.5. The molecule has 2 unspecified atom stereocenters. The van der Waals surface area contributed by atoms with Gasteiger partial charge >= 0.3 is 0 Å². The molecule has 2 atom stereocenters. The molecule has 0 aliphatic heterocycles. The standard InChI is InChI=1S/C6H15NO2/c1-5(8)7(3)6(2)9-4/h5-6,8H,1-4H3. The van der Waals surface area contributed by atoms with E-state index >= 15 is 0 Å². The van der Waals surface area contributed by atoms with Crippen LogP contribution in [0, 0.1) is 0 Å². The fraction of sp³-hybridized carbons (Fsp3) is 1.00. The number of aliphatic hydroxyl groups is 1. The van der Waals surface area contributed by atoms with Crippen molar-refractivity contribution in [2.24, 2.45) is 0 Å². The van der Waals surface area contributed by atoms with E-state index in [1.165, 1.54) is 0 Å². The van der Waals surface area contributed by atoms with E-state index in [2.05, 4.69) is 0 Å². The first kappa shape index (κ1) is 8.88.